The summed E-state index contributed by atoms with van der Waals surface area (Å²) in [7, 11) is 0. The van der Waals surface area contributed by atoms with Gasteiger partial charge in [-0.05, 0) is 25.0 Å². The lowest BCUT2D eigenvalue weighted by Gasteiger charge is -2.29. The normalized spacial score (nSPS) is 24.2. The summed E-state index contributed by atoms with van der Waals surface area (Å²) < 4.78 is 26.2. The molecule has 2 nitrogen and oxygen atoms in total. The van der Waals surface area contributed by atoms with Crippen LogP contribution in [0.3, 0.4) is 0 Å². The molecule has 0 amide bonds. The molecule has 0 aromatic carbocycles. The van der Waals surface area contributed by atoms with Gasteiger partial charge in [0.25, 0.3) is 0 Å². The van der Waals surface area contributed by atoms with Crippen molar-refractivity contribution in [2.75, 3.05) is 0 Å². The number of aromatic nitrogens is 1. The number of nitrogens with zero attached hydrogens (tertiary/aromatic N) is 1. The van der Waals surface area contributed by atoms with Crippen LogP contribution >= 0.6 is 0 Å². The number of rotatable bonds is 3. The molecule has 2 rings (SSSR count). The Kier molecular flexibility index (Phi) is 3.49. The molecule has 1 unspecified atom stereocenters. The van der Waals surface area contributed by atoms with Crippen LogP contribution in [-0.2, 0) is 6.54 Å². The Morgan fingerprint density at radius 2 is 2.31 bits per heavy atom. The molecular weight excluding hydrogens is 210 g/mol. The number of pyridine rings is 1. The predicted octanol–water partition coefficient (Wildman–Crippen LogP) is 2.75. The van der Waals surface area contributed by atoms with E-state index >= 15 is 0 Å². The standard InChI is InChI=1S/C12H16F2N2/c13-12(14)6-3-5-10(8-12)16-9-11-4-1-2-7-15-11/h1-2,4,7,10,16H,3,5-6,8-9H2. The maximum Gasteiger partial charge on any atom is 0.249 e. The first-order valence-corrected chi connectivity index (χ1v) is 5.67. The largest absolute Gasteiger partial charge is 0.308 e. The van der Waals surface area contributed by atoms with Crippen molar-refractivity contribution in [3.63, 3.8) is 0 Å². The van der Waals surface area contributed by atoms with Crippen molar-refractivity contribution in [2.24, 2.45) is 0 Å². The Morgan fingerprint density at radius 3 is 3.00 bits per heavy atom. The van der Waals surface area contributed by atoms with Gasteiger partial charge in [0.05, 0.1) is 5.69 Å². The van der Waals surface area contributed by atoms with Gasteiger partial charge in [-0.2, -0.15) is 0 Å². The van der Waals surface area contributed by atoms with E-state index < -0.39 is 5.92 Å². The molecule has 4 heteroatoms. The summed E-state index contributed by atoms with van der Waals surface area (Å²) in [5.41, 5.74) is 0.899. The van der Waals surface area contributed by atoms with Gasteiger partial charge in [0.15, 0.2) is 0 Å². The van der Waals surface area contributed by atoms with Crippen molar-refractivity contribution in [1.29, 1.82) is 0 Å². The highest BCUT2D eigenvalue weighted by Gasteiger charge is 2.35. The molecule has 1 atom stereocenters. The van der Waals surface area contributed by atoms with E-state index in [0.717, 1.165) is 12.1 Å². The molecule has 88 valence electrons. The van der Waals surface area contributed by atoms with Crippen LogP contribution in [0, 0.1) is 0 Å². The third-order valence-corrected chi connectivity index (χ3v) is 2.94. The molecule has 1 fully saturated rings. The number of alkyl halides is 2. The number of halogens is 2. The predicted molar refractivity (Wildman–Crippen MR) is 58.3 cm³/mol. The quantitative estimate of drug-likeness (QED) is 0.857. The van der Waals surface area contributed by atoms with E-state index in [9.17, 15) is 8.78 Å². The summed E-state index contributed by atoms with van der Waals surface area (Å²) in [6, 6.07) is 5.57. The summed E-state index contributed by atoms with van der Waals surface area (Å²) in [5, 5.41) is 3.15. The lowest BCUT2D eigenvalue weighted by atomic mass is 9.92. The fourth-order valence-corrected chi connectivity index (χ4v) is 2.10. The minimum atomic E-state index is -2.49. The van der Waals surface area contributed by atoms with Crippen molar-refractivity contribution in [3.8, 4) is 0 Å². The van der Waals surface area contributed by atoms with Crippen LogP contribution in [0.5, 0.6) is 0 Å². The van der Waals surface area contributed by atoms with E-state index in [2.05, 4.69) is 10.3 Å². The molecule has 0 spiro atoms. The zero-order valence-corrected chi connectivity index (χ0v) is 9.13. The van der Waals surface area contributed by atoms with Crippen LogP contribution in [-0.4, -0.2) is 16.9 Å². The Balaban J connectivity index is 1.82. The van der Waals surface area contributed by atoms with Gasteiger partial charge in [0, 0.05) is 31.6 Å². The van der Waals surface area contributed by atoms with Gasteiger partial charge in [-0.1, -0.05) is 6.07 Å². The van der Waals surface area contributed by atoms with Crippen LogP contribution in [0.25, 0.3) is 0 Å². The number of hydrogen-bond donors (Lipinski definition) is 1. The van der Waals surface area contributed by atoms with Crippen molar-refractivity contribution in [2.45, 2.75) is 44.2 Å². The molecule has 0 saturated heterocycles. The highest BCUT2D eigenvalue weighted by atomic mass is 19.3. The summed E-state index contributed by atoms with van der Waals surface area (Å²) in [6.45, 7) is 0.571. The lowest BCUT2D eigenvalue weighted by Crippen LogP contribution is -2.38. The second-order valence-electron chi connectivity index (χ2n) is 4.35. The third kappa shape index (κ3) is 3.23. The summed E-state index contributed by atoms with van der Waals surface area (Å²) in [6.07, 6.45) is 3.15. The van der Waals surface area contributed by atoms with Gasteiger partial charge in [-0.3, -0.25) is 4.98 Å². The van der Waals surface area contributed by atoms with Crippen molar-refractivity contribution in [1.82, 2.24) is 10.3 Å². The maximum atomic E-state index is 13.1. The van der Waals surface area contributed by atoms with Crippen LogP contribution < -0.4 is 5.32 Å². The van der Waals surface area contributed by atoms with Gasteiger partial charge in [-0.15, -0.1) is 0 Å². The van der Waals surface area contributed by atoms with Crippen LogP contribution in [0.1, 0.15) is 31.4 Å². The van der Waals surface area contributed by atoms with Crippen LogP contribution in [0.15, 0.2) is 24.4 Å². The molecule has 1 aromatic rings. The Hall–Kier alpha value is -1.03. The second kappa shape index (κ2) is 4.87. The van der Waals surface area contributed by atoms with E-state index in [1.165, 1.54) is 0 Å². The van der Waals surface area contributed by atoms with E-state index in [0.29, 0.717) is 13.0 Å². The van der Waals surface area contributed by atoms with Gasteiger partial charge >= 0.3 is 0 Å². The molecular formula is C12H16F2N2. The van der Waals surface area contributed by atoms with E-state index in [1.54, 1.807) is 6.20 Å². The van der Waals surface area contributed by atoms with Crippen LogP contribution in [0.2, 0.25) is 0 Å². The topological polar surface area (TPSA) is 24.9 Å². The van der Waals surface area contributed by atoms with Crippen molar-refractivity contribution in [3.05, 3.63) is 30.1 Å². The highest BCUT2D eigenvalue weighted by Crippen LogP contribution is 2.33. The zero-order chi connectivity index (χ0) is 11.4. The lowest BCUT2D eigenvalue weighted by molar-refractivity contribution is -0.0443. The smallest absolute Gasteiger partial charge is 0.249 e. The molecule has 1 aliphatic rings. The van der Waals surface area contributed by atoms with Gasteiger partial charge in [0.1, 0.15) is 0 Å². The van der Waals surface area contributed by atoms with E-state index in [4.69, 9.17) is 0 Å². The first-order valence-electron chi connectivity index (χ1n) is 5.67. The summed E-state index contributed by atoms with van der Waals surface area (Å²) in [4.78, 5) is 4.15. The fraction of sp³-hybridized carbons (Fsp3) is 0.583. The Bertz CT molecular complexity index is 327. The molecule has 1 aromatic heterocycles. The first kappa shape index (κ1) is 11.5. The Morgan fingerprint density at radius 1 is 1.44 bits per heavy atom. The van der Waals surface area contributed by atoms with Gasteiger partial charge in [0.2, 0.25) is 5.92 Å². The number of nitrogens with one attached hydrogen (secondary N) is 1. The summed E-state index contributed by atoms with van der Waals surface area (Å²) >= 11 is 0. The molecule has 1 aliphatic carbocycles. The number of hydrogen-bond acceptors (Lipinski definition) is 2. The first-order chi connectivity index (χ1) is 7.66. The van der Waals surface area contributed by atoms with E-state index in [1.807, 2.05) is 18.2 Å². The summed E-state index contributed by atoms with van der Waals surface area (Å²) in [5.74, 6) is -2.49. The van der Waals surface area contributed by atoms with Gasteiger partial charge in [-0.25, -0.2) is 8.78 Å². The molecule has 1 saturated carbocycles. The second-order valence-corrected chi connectivity index (χ2v) is 4.35. The molecule has 0 radical (unpaired) electrons. The van der Waals surface area contributed by atoms with Crippen LogP contribution in [0.4, 0.5) is 8.78 Å². The maximum absolute atomic E-state index is 13.1. The average molecular weight is 226 g/mol. The van der Waals surface area contributed by atoms with Crippen molar-refractivity contribution >= 4 is 0 Å². The SMILES string of the molecule is FC1(F)CCCC(NCc2ccccn2)C1. The van der Waals surface area contributed by atoms with E-state index in [-0.39, 0.29) is 18.9 Å². The van der Waals surface area contributed by atoms with Gasteiger partial charge < -0.3 is 5.32 Å². The fourth-order valence-electron chi connectivity index (χ4n) is 2.10. The minimum Gasteiger partial charge on any atom is -0.308 e. The molecule has 16 heavy (non-hydrogen) atoms. The van der Waals surface area contributed by atoms with Crippen molar-refractivity contribution < 1.29 is 8.78 Å². The monoisotopic (exact) mass is 226 g/mol. The Labute approximate surface area is 94.1 Å². The molecule has 0 bridgehead atoms. The molecule has 1 heterocycles. The highest BCUT2D eigenvalue weighted by molar-refractivity contribution is 5.03. The minimum absolute atomic E-state index is 0.0365. The molecule has 0 aliphatic heterocycles. The average Bonchev–Trinajstić information content (AvgIpc) is 2.27. The molecule has 1 N–H and O–H groups in total. The third-order valence-electron chi connectivity index (χ3n) is 2.94. The zero-order valence-electron chi connectivity index (χ0n) is 9.13.